The van der Waals surface area contributed by atoms with Crippen LogP contribution in [0.25, 0.3) is 0 Å². The fourth-order valence-electron chi connectivity index (χ4n) is 1.95. The highest BCUT2D eigenvalue weighted by Gasteiger charge is 2.30. The molecule has 2 heteroatoms. The number of ether oxygens (including phenoxy) is 1. The van der Waals surface area contributed by atoms with E-state index in [2.05, 4.69) is 50.5 Å². The van der Waals surface area contributed by atoms with E-state index in [4.69, 9.17) is 4.74 Å². The molecule has 0 bridgehead atoms. The lowest BCUT2D eigenvalue weighted by atomic mass is 9.82. The lowest BCUT2D eigenvalue weighted by Crippen LogP contribution is -2.34. The maximum Gasteiger partial charge on any atom is 0.0624 e. The summed E-state index contributed by atoms with van der Waals surface area (Å²) in [7, 11) is 0. The maximum absolute atomic E-state index is 6.11. The van der Waals surface area contributed by atoms with Gasteiger partial charge < -0.3 is 4.74 Å². The van der Waals surface area contributed by atoms with Gasteiger partial charge in [0.25, 0.3) is 0 Å². The van der Waals surface area contributed by atoms with Crippen molar-refractivity contribution in [3.63, 3.8) is 0 Å². The molecule has 0 aliphatic heterocycles. The quantitative estimate of drug-likeness (QED) is 0.533. The minimum atomic E-state index is 0.0227. The number of hydrogen-bond acceptors (Lipinski definition) is 1. The van der Waals surface area contributed by atoms with Gasteiger partial charge in [0.15, 0.2) is 0 Å². The summed E-state index contributed by atoms with van der Waals surface area (Å²) in [6.45, 7) is 12.0. The third kappa shape index (κ3) is 5.67. The molecule has 0 atom stereocenters. The van der Waals surface area contributed by atoms with E-state index in [1.54, 1.807) is 0 Å². The third-order valence-corrected chi connectivity index (χ3v) is 4.65. The van der Waals surface area contributed by atoms with Crippen molar-refractivity contribution >= 4 is 15.9 Å². The number of rotatable bonds is 9. The second-order valence-corrected chi connectivity index (χ2v) is 6.10. The first-order valence-electron chi connectivity index (χ1n) is 6.65. The van der Waals surface area contributed by atoms with E-state index in [0.29, 0.717) is 5.41 Å². The lowest BCUT2D eigenvalue weighted by molar-refractivity contribution is -0.0635. The van der Waals surface area contributed by atoms with Crippen LogP contribution >= 0.6 is 15.9 Å². The van der Waals surface area contributed by atoms with Crippen molar-refractivity contribution in [1.29, 1.82) is 0 Å². The zero-order valence-corrected chi connectivity index (χ0v) is 13.3. The van der Waals surface area contributed by atoms with Crippen LogP contribution in [0.5, 0.6) is 0 Å². The normalized spacial score (nSPS) is 13.1. The van der Waals surface area contributed by atoms with Crippen LogP contribution < -0.4 is 0 Å². The topological polar surface area (TPSA) is 9.23 Å². The van der Waals surface area contributed by atoms with Gasteiger partial charge in [0.2, 0.25) is 0 Å². The molecule has 0 fully saturated rings. The van der Waals surface area contributed by atoms with E-state index in [1.807, 2.05) is 0 Å². The van der Waals surface area contributed by atoms with Gasteiger partial charge in [0.1, 0.15) is 0 Å². The van der Waals surface area contributed by atoms with Crippen molar-refractivity contribution in [3.8, 4) is 0 Å². The minimum Gasteiger partial charge on any atom is -0.375 e. The predicted molar refractivity (Wildman–Crippen MR) is 76.4 cm³/mol. The molecule has 0 heterocycles. The zero-order valence-electron chi connectivity index (χ0n) is 11.7. The monoisotopic (exact) mass is 292 g/mol. The molecule has 0 aromatic rings. The van der Waals surface area contributed by atoms with E-state index >= 15 is 0 Å². The second kappa shape index (κ2) is 7.71. The Hall–Kier alpha value is 0.440. The van der Waals surface area contributed by atoms with Crippen molar-refractivity contribution in [3.05, 3.63) is 0 Å². The third-order valence-electron chi connectivity index (χ3n) is 3.46. The van der Waals surface area contributed by atoms with Crippen LogP contribution in [0.2, 0.25) is 0 Å². The summed E-state index contributed by atoms with van der Waals surface area (Å²) < 4.78 is 6.11. The van der Waals surface area contributed by atoms with E-state index in [0.717, 1.165) is 18.4 Å². The molecule has 0 saturated heterocycles. The van der Waals surface area contributed by atoms with Crippen LogP contribution in [0.3, 0.4) is 0 Å². The number of alkyl halides is 1. The Morgan fingerprint density at radius 1 is 1.00 bits per heavy atom. The summed E-state index contributed by atoms with van der Waals surface area (Å²) in [5.41, 5.74) is 0.366. The molecule has 0 amide bonds. The van der Waals surface area contributed by atoms with Gasteiger partial charge in [-0.2, -0.15) is 0 Å². The lowest BCUT2D eigenvalue weighted by Gasteiger charge is -2.35. The van der Waals surface area contributed by atoms with Gasteiger partial charge in [-0.05, 0) is 33.1 Å². The average molecular weight is 293 g/mol. The van der Waals surface area contributed by atoms with Gasteiger partial charge in [-0.3, -0.25) is 0 Å². The van der Waals surface area contributed by atoms with Crippen molar-refractivity contribution in [2.75, 3.05) is 11.9 Å². The molecule has 0 aromatic heterocycles. The molecule has 0 N–H and O–H groups in total. The highest BCUT2D eigenvalue weighted by Crippen LogP contribution is 2.34. The standard InChI is InChI=1S/C14H29BrO/c1-6-9-14(11-15,10-7-2)12-16-13(4,5)8-3/h6-12H2,1-5H3. The molecule has 0 aromatic carbocycles. The molecule has 1 nitrogen and oxygen atoms in total. The highest BCUT2D eigenvalue weighted by molar-refractivity contribution is 9.09. The summed E-state index contributed by atoms with van der Waals surface area (Å²) >= 11 is 3.68. The Bertz CT molecular complexity index is 172. The Morgan fingerprint density at radius 3 is 1.81 bits per heavy atom. The summed E-state index contributed by atoms with van der Waals surface area (Å²) in [4.78, 5) is 0. The van der Waals surface area contributed by atoms with Crippen LogP contribution in [-0.2, 0) is 4.74 Å². The van der Waals surface area contributed by atoms with Crippen molar-refractivity contribution in [2.24, 2.45) is 5.41 Å². The molecule has 0 rings (SSSR count). The Balaban J connectivity index is 4.40. The van der Waals surface area contributed by atoms with Gasteiger partial charge in [0, 0.05) is 10.7 Å². The van der Waals surface area contributed by atoms with Crippen LogP contribution in [0.1, 0.15) is 66.7 Å². The average Bonchev–Trinajstić information content (AvgIpc) is 2.27. The maximum atomic E-state index is 6.11. The molecule has 0 unspecified atom stereocenters. The molecular weight excluding hydrogens is 264 g/mol. The van der Waals surface area contributed by atoms with Gasteiger partial charge in [-0.1, -0.05) is 49.5 Å². The highest BCUT2D eigenvalue weighted by atomic mass is 79.9. The number of hydrogen-bond donors (Lipinski definition) is 0. The van der Waals surface area contributed by atoms with Crippen molar-refractivity contribution in [2.45, 2.75) is 72.3 Å². The molecule has 16 heavy (non-hydrogen) atoms. The van der Waals surface area contributed by atoms with Gasteiger partial charge in [-0.15, -0.1) is 0 Å². The summed E-state index contributed by atoms with van der Waals surface area (Å²) in [6, 6.07) is 0. The SMILES string of the molecule is CCCC(CBr)(CCC)COC(C)(C)CC. The number of halogens is 1. The molecule has 0 saturated carbocycles. The molecule has 0 spiro atoms. The summed E-state index contributed by atoms with van der Waals surface area (Å²) in [5, 5.41) is 1.06. The van der Waals surface area contributed by atoms with E-state index in [1.165, 1.54) is 25.7 Å². The van der Waals surface area contributed by atoms with Crippen LogP contribution in [0.15, 0.2) is 0 Å². The van der Waals surface area contributed by atoms with E-state index in [-0.39, 0.29) is 5.60 Å². The molecule has 0 aliphatic carbocycles. The predicted octanol–water partition coefficient (Wildman–Crippen LogP) is 5.17. The fraction of sp³-hybridized carbons (Fsp3) is 1.00. The smallest absolute Gasteiger partial charge is 0.0624 e. The van der Waals surface area contributed by atoms with E-state index < -0.39 is 0 Å². The van der Waals surface area contributed by atoms with Crippen molar-refractivity contribution < 1.29 is 4.74 Å². The van der Waals surface area contributed by atoms with Gasteiger partial charge in [-0.25, -0.2) is 0 Å². The summed E-state index contributed by atoms with van der Waals surface area (Å²) in [6.07, 6.45) is 6.06. The zero-order chi connectivity index (χ0) is 12.7. The molecule has 0 radical (unpaired) electrons. The Labute approximate surface area is 110 Å². The first-order valence-corrected chi connectivity index (χ1v) is 7.77. The Kier molecular flexibility index (Phi) is 7.92. The van der Waals surface area contributed by atoms with Gasteiger partial charge >= 0.3 is 0 Å². The van der Waals surface area contributed by atoms with Crippen molar-refractivity contribution in [1.82, 2.24) is 0 Å². The van der Waals surface area contributed by atoms with Crippen LogP contribution in [-0.4, -0.2) is 17.5 Å². The van der Waals surface area contributed by atoms with Crippen LogP contribution in [0.4, 0.5) is 0 Å². The first-order chi connectivity index (χ1) is 7.45. The molecular formula is C14H29BrO. The van der Waals surface area contributed by atoms with Crippen LogP contribution in [0, 0.1) is 5.41 Å². The Morgan fingerprint density at radius 2 is 1.50 bits per heavy atom. The largest absolute Gasteiger partial charge is 0.375 e. The fourth-order valence-corrected chi connectivity index (χ4v) is 2.68. The van der Waals surface area contributed by atoms with E-state index in [9.17, 15) is 0 Å². The minimum absolute atomic E-state index is 0.0227. The van der Waals surface area contributed by atoms with Gasteiger partial charge in [0.05, 0.1) is 12.2 Å². The molecule has 98 valence electrons. The first kappa shape index (κ1) is 16.4. The summed E-state index contributed by atoms with van der Waals surface area (Å²) in [5.74, 6) is 0. The second-order valence-electron chi connectivity index (χ2n) is 5.54. The molecule has 0 aliphatic rings.